The molecule has 2 aliphatic heterocycles. The van der Waals surface area contributed by atoms with Crippen molar-refractivity contribution in [3.8, 4) is 0 Å². The average molecular weight is 268 g/mol. The predicted molar refractivity (Wildman–Crippen MR) is 73.5 cm³/mol. The van der Waals surface area contributed by atoms with Crippen molar-refractivity contribution in [2.45, 2.75) is 32.1 Å². The minimum atomic E-state index is -0.0149. The molecule has 5 heteroatoms. The maximum Gasteiger partial charge on any atom is 0.239 e. The van der Waals surface area contributed by atoms with Crippen LogP contribution >= 0.6 is 0 Å². The van der Waals surface area contributed by atoms with Crippen LogP contribution in [-0.4, -0.2) is 67.5 Å². The Morgan fingerprint density at radius 3 is 2.63 bits per heavy atom. The Bertz CT molecular complexity index is 338. The van der Waals surface area contributed by atoms with Crippen LogP contribution < -0.4 is 5.32 Å². The summed E-state index contributed by atoms with van der Waals surface area (Å²) in [5, 5.41) is 2.95. The van der Waals surface area contributed by atoms with Gasteiger partial charge in [0.1, 0.15) is 0 Å². The smallest absolute Gasteiger partial charge is 0.239 e. The zero-order valence-electron chi connectivity index (χ0n) is 12.0. The number of piperidine rings is 1. The minimum Gasteiger partial charge on any atom is -0.349 e. The molecule has 0 unspecified atom stereocenters. The van der Waals surface area contributed by atoms with Crippen LogP contribution in [-0.2, 0) is 9.59 Å². The van der Waals surface area contributed by atoms with E-state index in [1.54, 1.807) is 4.90 Å². The summed E-state index contributed by atoms with van der Waals surface area (Å²) in [6.45, 7) is 5.14. The minimum absolute atomic E-state index is 0.0149. The van der Waals surface area contributed by atoms with Crippen LogP contribution in [0.4, 0.5) is 0 Å². The fourth-order valence-corrected chi connectivity index (χ4v) is 3.06. The van der Waals surface area contributed by atoms with Gasteiger partial charge in [0, 0.05) is 13.0 Å². The van der Waals surface area contributed by atoms with Gasteiger partial charge in [-0.15, -0.1) is 0 Å². The highest BCUT2D eigenvalue weighted by molar-refractivity contribution is 5.85. The maximum absolute atomic E-state index is 11.8. The highest BCUT2D eigenvalue weighted by atomic mass is 16.2. The predicted octanol–water partition coefficient (Wildman–Crippen LogP) is 0.356. The second kappa shape index (κ2) is 6.37. The van der Waals surface area contributed by atoms with E-state index < -0.39 is 0 Å². The quantitative estimate of drug-likeness (QED) is 0.732. The first-order valence-corrected chi connectivity index (χ1v) is 7.47. The van der Waals surface area contributed by atoms with Gasteiger partial charge in [-0.1, -0.05) is 0 Å². The van der Waals surface area contributed by atoms with Gasteiger partial charge in [0.15, 0.2) is 0 Å². The summed E-state index contributed by atoms with van der Waals surface area (Å²) < 4.78 is 1.07. The van der Waals surface area contributed by atoms with Crippen molar-refractivity contribution in [3.05, 3.63) is 0 Å². The van der Waals surface area contributed by atoms with Crippen LogP contribution in [0.5, 0.6) is 0 Å². The zero-order valence-corrected chi connectivity index (χ0v) is 12.0. The Kier molecular flexibility index (Phi) is 4.80. The molecule has 2 saturated heterocycles. The molecule has 5 nitrogen and oxygen atoms in total. The molecule has 2 aliphatic rings. The summed E-state index contributed by atoms with van der Waals surface area (Å²) in [4.78, 5) is 24.9. The average Bonchev–Trinajstić information content (AvgIpc) is 2.75. The molecular weight excluding hydrogens is 242 g/mol. The lowest BCUT2D eigenvalue weighted by molar-refractivity contribution is -0.912. The second-order valence-electron chi connectivity index (χ2n) is 6.12. The normalized spacial score (nSPS) is 22.6. The lowest BCUT2D eigenvalue weighted by Gasteiger charge is -2.37. The first-order chi connectivity index (χ1) is 9.09. The van der Waals surface area contributed by atoms with Gasteiger partial charge in [-0.05, 0) is 25.7 Å². The summed E-state index contributed by atoms with van der Waals surface area (Å²) in [7, 11) is 2.27. The summed E-state index contributed by atoms with van der Waals surface area (Å²) in [5.74, 6) is 0.101. The first-order valence-electron chi connectivity index (χ1n) is 7.47. The summed E-state index contributed by atoms with van der Waals surface area (Å²) in [6, 6.07) is 0. The number of likely N-dealkylation sites (tertiary alicyclic amines) is 2. The van der Waals surface area contributed by atoms with Crippen molar-refractivity contribution in [1.82, 2.24) is 10.2 Å². The van der Waals surface area contributed by atoms with Gasteiger partial charge >= 0.3 is 0 Å². The number of hydrogen-bond acceptors (Lipinski definition) is 2. The van der Waals surface area contributed by atoms with Crippen molar-refractivity contribution >= 4 is 11.8 Å². The number of nitrogens with zero attached hydrogens (tertiary/aromatic N) is 2. The molecule has 0 aliphatic carbocycles. The molecule has 0 atom stereocenters. The van der Waals surface area contributed by atoms with E-state index in [-0.39, 0.29) is 18.4 Å². The van der Waals surface area contributed by atoms with Gasteiger partial charge < -0.3 is 14.7 Å². The van der Waals surface area contributed by atoms with Gasteiger partial charge in [0.2, 0.25) is 11.8 Å². The van der Waals surface area contributed by atoms with Gasteiger partial charge in [0.05, 0.1) is 39.8 Å². The van der Waals surface area contributed by atoms with Crippen LogP contribution in [0.3, 0.4) is 0 Å². The van der Waals surface area contributed by atoms with E-state index in [9.17, 15) is 9.59 Å². The van der Waals surface area contributed by atoms with Gasteiger partial charge in [-0.2, -0.15) is 0 Å². The van der Waals surface area contributed by atoms with E-state index in [4.69, 9.17) is 0 Å². The number of carbonyl (C=O) groups is 2. The molecule has 0 aromatic heterocycles. The Hall–Kier alpha value is -1.10. The molecule has 0 saturated carbocycles. The van der Waals surface area contributed by atoms with Gasteiger partial charge in [-0.3, -0.25) is 9.59 Å². The Labute approximate surface area is 115 Å². The maximum atomic E-state index is 11.8. The van der Waals surface area contributed by atoms with Crippen molar-refractivity contribution in [1.29, 1.82) is 0 Å². The van der Waals surface area contributed by atoms with Crippen LogP contribution in [0.2, 0.25) is 0 Å². The third-order valence-electron chi connectivity index (χ3n) is 4.38. The molecular formula is C14H26N3O2+. The second-order valence-corrected chi connectivity index (χ2v) is 6.12. The lowest BCUT2D eigenvalue weighted by Crippen LogP contribution is -2.52. The molecule has 0 aromatic rings. The number of nitrogens with one attached hydrogen (secondary N) is 1. The van der Waals surface area contributed by atoms with Crippen LogP contribution in [0, 0.1) is 0 Å². The highest BCUT2D eigenvalue weighted by Gasteiger charge is 2.25. The fourth-order valence-electron chi connectivity index (χ4n) is 3.06. The Morgan fingerprint density at radius 1 is 1.26 bits per heavy atom. The highest BCUT2D eigenvalue weighted by Crippen LogP contribution is 2.15. The number of likely N-dealkylation sites (N-methyl/N-ethyl adjacent to an activating group) is 1. The molecule has 0 aromatic carbocycles. The van der Waals surface area contributed by atoms with Crippen LogP contribution in [0.1, 0.15) is 32.1 Å². The van der Waals surface area contributed by atoms with Gasteiger partial charge in [0.25, 0.3) is 0 Å². The zero-order chi connectivity index (χ0) is 13.7. The molecule has 2 amide bonds. The fraction of sp³-hybridized carbons (Fsp3) is 0.857. The van der Waals surface area contributed by atoms with E-state index in [1.807, 2.05) is 0 Å². The van der Waals surface area contributed by atoms with E-state index >= 15 is 0 Å². The van der Waals surface area contributed by atoms with Crippen LogP contribution in [0.25, 0.3) is 0 Å². The Balaban J connectivity index is 1.64. The first kappa shape index (κ1) is 14.3. The number of hydrogen-bond donors (Lipinski definition) is 1. The molecule has 2 heterocycles. The largest absolute Gasteiger partial charge is 0.349 e. The third kappa shape index (κ3) is 4.20. The lowest BCUT2D eigenvalue weighted by atomic mass is 10.1. The monoisotopic (exact) mass is 268 g/mol. The van der Waals surface area contributed by atoms with E-state index in [1.165, 1.54) is 32.4 Å². The van der Waals surface area contributed by atoms with Crippen molar-refractivity contribution in [3.63, 3.8) is 0 Å². The van der Waals surface area contributed by atoms with Crippen molar-refractivity contribution in [2.75, 3.05) is 46.3 Å². The van der Waals surface area contributed by atoms with E-state index in [2.05, 4.69) is 12.4 Å². The van der Waals surface area contributed by atoms with E-state index in [0.717, 1.165) is 30.5 Å². The number of amides is 2. The number of rotatable bonds is 5. The molecule has 1 N–H and O–H groups in total. The number of quaternary nitrogens is 1. The number of carbonyl (C=O) groups excluding carboxylic acids is 2. The molecule has 108 valence electrons. The van der Waals surface area contributed by atoms with Crippen LogP contribution in [0.15, 0.2) is 0 Å². The summed E-state index contributed by atoms with van der Waals surface area (Å²) in [6.07, 6.45) is 5.43. The molecule has 0 bridgehead atoms. The third-order valence-corrected chi connectivity index (χ3v) is 4.38. The van der Waals surface area contributed by atoms with Gasteiger partial charge in [-0.25, -0.2) is 0 Å². The van der Waals surface area contributed by atoms with Crippen molar-refractivity contribution in [2.24, 2.45) is 0 Å². The topological polar surface area (TPSA) is 49.4 Å². The molecule has 2 rings (SSSR count). The van der Waals surface area contributed by atoms with Crippen molar-refractivity contribution < 1.29 is 14.1 Å². The Morgan fingerprint density at radius 2 is 2.00 bits per heavy atom. The molecule has 0 spiro atoms. The van der Waals surface area contributed by atoms with E-state index in [0.29, 0.717) is 6.42 Å². The SMILES string of the molecule is C[N+]1(CCNC(=O)CN2CCCC2=O)CCCCC1. The molecule has 19 heavy (non-hydrogen) atoms. The molecule has 0 radical (unpaired) electrons. The standard InChI is InChI=1S/C14H25N3O2/c1-17(9-3-2-4-10-17)11-7-15-13(18)12-16-8-5-6-14(16)19/h2-12H2,1H3/p+1. The molecule has 2 fully saturated rings. The summed E-state index contributed by atoms with van der Waals surface area (Å²) in [5.41, 5.74) is 0. The summed E-state index contributed by atoms with van der Waals surface area (Å²) >= 11 is 0.